The van der Waals surface area contributed by atoms with Crippen molar-refractivity contribution < 1.29 is 19.3 Å². The van der Waals surface area contributed by atoms with Gasteiger partial charge in [-0.05, 0) is 37.3 Å². The molecule has 8 nitrogen and oxygen atoms in total. The maximum atomic E-state index is 10.1. The van der Waals surface area contributed by atoms with E-state index in [-0.39, 0.29) is 12.6 Å². The molecule has 0 amide bonds. The van der Waals surface area contributed by atoms with E-state index in [4.69, 9.17) is 14.2 Å². The lowest BCUT2D eigenvalue weighted by molar-refractivity contribution is 0.103. The lowest BCUT2D eigenvalue weighted by atomic mass is 10.2. The Balaban J connectivity index is 1.58. The summed E-state index contributed by atoms with van der Waals surface area (Å²) in [5.41, 5.74) is 2.79. The number of nitrogens with one attached hydrogen (secondary N) is 2. The number of benzene rings is 2. The fourth-order valence-electron chi connectivity index (χ4n) is 3.44. The number of aryl methyl sites for hydroxylation is 1. The van der Waals surface area contributed by atoms with Gasteiger partial charge in [0.1, 0.15) is 24.8 Å². The lowest BCUT2D eigenvalue weighted by Gasteiger charge is -2.17. The summed E-state index contributed by atoms with van der Waals surface area (Å²) < 4.78 is 17.4. The molecule has 0 fully saturated rings. The van der Waals surface area contributed by atoms with E-state index in [0.29, 0.717) is 40.6 Å². The van der Waals surface area contributed by atoms with Crippen LogP contribution in [0.5, 0.6) is 23.1 Å². The Kier molecular flexibility index (Phi) is 6.43. The maximum Gasteiger partial charge on any atom is 0.230 e. The van der Waals surface area contributed by atoms with E-state index < -0.39 is 6.10 Å². The molecular formula is C24H28N4O4. The molecule has 0 radical (unpaired) electrons. The molecule has 0 aliphatic heterocycles. The third-order valence-corrected chi connectivity index (χ3v) is 5.02. The second-order valence-electron chi connectivity index (χ2n) is 8.03. The van der Waals surface area contributed by atoms with Crippen LogP contribution < -0.4 is 19.5 Å². The number of fused-ring (bicyclic) bond motifs is 2. The number of methoxy groups -OCH3 is 1. The van der Waals surface area contributed by atoms with Crippen LogP contribution in [0, 0.1) is 6.92 Å². The first-order valence-corrected chi connectivity index (χ1v) is 10.6. The molecule has 168 valence electrons. The van der Waals surface area contributed by atoms with Gasteiger partial charge in [0, 0.05) is 35.2 Å². The average molecular weight is 437 g/mol. The van der Waals surface area contributed by atoms with Crippen molar-refractivity contribution >= 4 is 21.8 Å². The van der Waals surface area contributed by atoms with Crippen LogP contribution in [0.4, 0.5) is 0 Å². The van der Waals surface area contributed by atoms with Gasteiger partial charge >= 0.3 is 0 Å². The number of aliphatic hydroxyl groups is 1. The summed E-state index contributed by atoms with van der Waals surface area (Å²) in [7, 11) is 1.57. The van der Waals surface area contributed by atoms with E-state index in [2.05, 4.69) is 26.3 Å². The first kappa shape index (κ1) is 21.9. The van der Waals surface area contributed by atoms with Crippen LogP contribution in [-0.2, 0) is 0 Å². The molecule has 0 bridgehead atoms. The minimum absolute atomic E-state index is 0.131. The molecule has 3 N–H and O–H groups in total. The zero-order valence-corrected chi connectivity index (χ0v) is 18.7. The van der Waals surface area contributed by atoms with Crippen molar-refractivity contribution in [2.24, 2.45) is 0 Å². The van der Waals surface area contributed by atoms with Crippen LogP contribution in [-0.4, -0.2) is 52.5 Å². The maximum absolute atomic E-state index is 10.1. The molecule has 0 unspecified atom stereocenters. The zero-order valence-electron chi connectivity index (χ0n) is 18.7. The molecule has 0 saturated heterocycles. The lowest BCUT2D eigenvalue weighted by Crippen LogP contribution is -2.35. The molecular weight excluding hydrogens is 408 g/mol. The van der Waals surface area contributed by atoms with Crippen molar-refractivity contribution in [1.82, 2.24) is 20.3 Å². The van der Waals surface area contributed by atoms with E-state index in [1.165, 1.54) is 6.33 Å². The second-order valence-corrected chi connectivity index (χ2v) is 8.03. The Morgan fingerprint density at radius 3 is 2.72 bits per heavy atom. The largest absolute Gasteiger partial charge is 0.493 e. The summed E-state index contributed by atoms with van der Waals surface area (Å²) >= 11 is 0. The predicted octanol–water partition coefficient (Wildman–Crippen LogP) is 3.96. The standard InChI is InChI=1S/C24H28N4O4/c1-14(2)25-11-17(29)12-31-23-10-21-19(9-22(23)30-4)24(27-13-26-21)32-18-5-6-20-16(8-18)7-15(3)28-20/h5-10,13-14,17,25,28-29H,11-12H2,1-4H3/t17-/m1/s1. The zero-order chi connectivity index (χ0) is 22.7. The van der Waals surface area contributed by atoms with Crippen molar-refractivity contribution in [1.29, 1.82) is 0 Å². The average Bonchev–Trinajstić information content (AvgIpc) is 3.15. The van der Waals surface area contributed by atoms with Crippen LogP contribution in [0.1, 0.15) is 19.5 Å². The van der Waals surface area contributed by atoms with Gasteiger partial charge in [0.25, 0.3) is 0 Å². The summed E-state index contributed by atoms with van der Waals surface area (Å²) in [5, 5.41) is 15.1. The first-order valence-electron chi connectivity index (χ1n) is 10.6. The smallest absolute Gasteiger partial charge is 0.230 e. The van der Waals surface area contributed by atoms with Crippen LogP contribution in [0.3, 0.4) is 0 Å². The Bertz CT molecular complexity index is 1220. The highest BCUT2D eigenvalue weighted by molar-refractivity contribution is 5.87. The molecule has 0 aliphatic rings. The Labute approximate surface area is 186 Å². The number of aromatic amines is 1. The summed E-state index contributed by atoms with van der Waals surface area (Å²) in [6.07, 6.45) is 0.808. The van der Waals surface area contributed by atoms with Crippen LogP contribution in [0.25, 0.3) is 21.8 Å². The summed E-state index contributed by atoms with van der Waals surface area (Å²) in [6.45, 7) is 6.64. The normalized spacial score (nSPS) is 12.4. The van der Waals surface area contributed by atoms with E-state index in [0.717, 1.165) is 16.6 Å². The van der Waals surface area contributed by atoms with Gasteiger partial charge in [0.2, 0.25) is 5.88 Å². The van der Waals surface area contributed by atoms with Crippen LogP contribution >= 0.6 is 0 Å². The minimum Gasteiger partial charge on any atom is -0.493 e. The van der Waals surface area contributed by atoms with Gasteiger partial charge in [-0.2, -0.15) is 0 Å². The van der Waals surface area contributed by atoms with Crippen molar-refractivity contribution in [2.75, 3.05) is 20.3 Å². The Hall–Kier alpha value is -3.36. The summed E-state index contributed by atoms with van der Waals surface area (Å²) in [5.74, 6) is 2.11. The Morgan fingerprint density at radius 1 is 1.09 bits per heavy atom. The SMILES string of the molecule is COc1cc2c(Oc3ccc4[nH]c(C)cc4c3)ncnc2cc1OC[C@H](O)CNC(C)C. The van der Waals surface area contributed by atoms with Gasteiger partial charge in [-0.1, -0.05) is 13.8 Å². The van der Waals surface area contributed by atoms with Crippen LogP contribution in [0.15, 0.2) is 42.7 Å². The fourth-order valence-corrected chi connectivity index (χ4v) is 3.44. The van der Waals surface area contributed by atoms with Gasteiger partial charge in [-0.3, -0.25) is 0 Å². The summed E-state index contributed by atoms with van der Waals surface area (Å²) in [6, 6.07) is 11.8. The minimum atomic E-state index is -0.644. The number of aromatic nitrogens is 3. The molecule has 0 saturated carbocycles. The molecule has 0 aliphatic carbocycles. The third-order valence-electron chi connectivity index (χ3n) is 5.02. The number of aliphatic hydroxyl groups excluding tert-OH is 1. The van der Waals surface area contributed by atoms with Crippen molar-refractivity contribution in [3.63, 3.8) is 0 Å². The molecule has 1 atom stereocenters. The number of hydrogen-bond acceptors (Lipinski definition) is 7. The summed E-state index contributed by atoms with van der Waals surface area (Å²) in [4.78, 5) is 12.0. The quantitative estimate of drug-likeness (QED) is 0.365. The number of nitrogens with zero attached hydrogens (tertiary/aromatic N) is 2. The molecule has 32 heavy (non-hydrogen) atoms. The molecule has 8 heteroatoms. The molecule has 2 aromatic heterocycles. The second kappa shape index (κ2) is 9.42. The van der Waals surface area contributed by atoms with E-state index >= 15 is 0 Å². The van der Waals surface area contributed by atoms with E-state index in [1.54, 1.807) is 19.2 Å². The molecule has 4 rings (SSSR count). The van der Waals surface area contributed by atoms with Gasteiger partial charge < -0.3 is 29.6 Å². The topological polar surface area (TPSA) is 102 Å². The number of rotatable bonds is 9. The molecule has 2 aromatic carbocycles. The fraction of sp³-hybridized carbons (Fsp3) is 0.333. The van der Waals surface area contributed by atoms with E-state index in [1.807, 2.05) is 39.0 Å². The van der Waals surface area contributed by atoms with Crippen molar-refractivity contribution in [2.45, 2.75) is 32.9 Å². The molecule has 4 aromatic rings. The number of hydrogen-bond donors (Lipinski definition) is 3. The number of H-pyrrole nitrogens is 1. The van der Waals surface area contributed by atoms with Gasteiger partial charge in [0.05, 0.1) is 18.0 Å². The highest BCUT2D eigenvalue weighted by atomic mass is 16.5. The Morgan fingerprint density at radius 2 is 1.94 bits per heavy atom. The van der Waals surface area contributed by atoms with Gasteiger partial charge in [0.15, 0.2) is 11.5 Å². The first-order chi connectivity index (χ1) is 15.4. The van der Waals surface area contributed by atoms with Gasteiger partial charge in [-0.25, -0.2) is 9.97 Å². The monoisotopic (exact) mass is 436 g/mol. The van der Waals surface area contributed by atoms with Gasteiger partial charge in [-0.15, -0.1) is 0 Å². The van der Waals surface area contributed by atoms with Crippen LogP contribution in [0.2, 0.25) is 0 Å². The molecule has 0 spiro atoms. The van der Waals surface area contributed by atoms with E-state index in [9.17, 15) is 5.11 Å². The number of ether oxygens (including phenoxy) is 3. The predicted molar refractivity (Wildman–Crippen MR) is 124 cm³/mol. The highest BCUT2D eigenvalue weighted by Crippen LogP contribution is 2.36. The van der Waals surface area contributed by atoms with Crippen molar-refractivity contribution in [3.05, 3.63) is 48.4 Å². The third kappa shape index (κ3) is 4.92. The van der Waals surface area contributed by atoms with Crippen molar-refractivity contribution in [3.8, 4) is 23.1 Å². The highest BCUT2D eigenvalue weighted by Gasteiger charge is 2.15. The molecule has 2 heterocycles.